The van der Waals surface area contributed by atoms with Gasteiger partial charge in [-0.1, -0.05) is 17.7 Å². The number of nitrogens with one attached hydrogen (secondary N) is 1. The largest absolute Gasteiger partial charge is 0.296 e. The monoisotopic (exact) mass is 211 g/mol. The molecule has 0 unspecified atom stereocenters. The van der Waals surface area contributed by atoms with Crippen LogP contribution in [0, 0.1) is 12.7 Å². The van der Waals surface area contributed by atoms with Gasteiger partial charge < -0.3 is 0 Å². The third kappa shape index (κ3) is 4.40. The third-order valence-corrected chi connectivity index (χ3v) is 1.84. The minimum atomic E-state index is -0.264. The predicted molar refractivity (Wildman–Crippen MR) is 58.8 cm³/mol. The van der Waals surface area contributed by atoms with Crippen LogP contribution in [0.3, 0.4) is 0 Å². The number of hydrogen-bond acceptors (Lipinski definition) is 2. The van der Waals surface area contributed by atoms with Gasteiger partial charge in [0.15, 0.2) is 0 Å². The normalized spacial score (nSPS) is 11.8. The van der Waals surface area contributed by atoms with Crippen LogP contribution >= 0.6 is 0 Å². The summed E-state index contributed by atoms with van der Waals surface area (Å²) >= 11 is 0. The Bertz CT molecular complexity index is 331. The Labute approximate surface area is 90.4 Å². The molecule has 15 heavy (non-hydrogen) atoms. The highest BCUT2D eigenvalue weighted by Gasteiger charge is 2.10. The van der Waals surface area contributed by atoms with E-state index in [-0.39, 0.29) is 11.4 Å². The minimum absolute atomic E-state index is 0.203. The molecule has 0 spiro atoms. The second-order valence-corrected chi connectivity index (χ2v) is 4.63. The zero-order valence-electron chi connectivity index (χ0n) is 9.73. The van der Waals surface area contributed by atoms with Crippen LogP contribution in [0.15, 0.2) is 18.2 Å². The SMILES string of the molecule is Cc1ccc(F)c(CNOC(C)(C)C)c1. The van der Waals surface area contributed by atoms with Crippen molar-refractivity contribution in [3.8, 4) is 0 Å². The number of hydrogen-bond donors (Lipinski definition) is 1. The van der Waals surface area contributed by atoms with E-state index in [0.29, 0.717) is 12.1 Å². The fourth-order valence-corrected chi connectivity index (χ4v) is 1.17. The third-order valence-electron chi connectivity index (χ3n) is 1.84. The van der Waals surface area contributed by atoms with E-state index in [0.717, 1.165) is 5.56 Å². The molecule has 0 saturated carbocycles. The second kappa shape index (κ2) is 4.73. The molecule has 0 saturated heterocycles. The molecule has 1 aromatic rings. The maximum Gasteiger partial charge on any atom is 0.127 e. The fourth-order valence-electron chi connectivity index (χ4n) is 1.17. The lowest BCUT2D eigenvalue weighted by Crippen LogP contribution is -2.29. The van der Waals surface area contributed by atoms with E-state index in [4.69, 9.17) is 4.84 Å². The first-order chi connectivity index (χ1) is 6.88. The van der Waals surface area contributed by atoms with E-state index in [1.54, 1.807) is 6.07 Å². The summed E-state index contributed by atoms with van der Waals surface area (Å²) in [5.41, 5.74) is 4.18. The summed E-state index contributed by atoms with van der Waals surface area (Å²) in [5.74, 6) is -0.203. The quantitative estimate of drug-likeness (QED) is 0.776. The van der Waals surface area contributed by atoms with Gasteiger partial charge in [0.05, 0.1) is 5.60 Å². The average Bonchev–Trinajstić information content (AvgIpc) is 2.09. The van der Waals surface area contributed by atoms with E-state index < -0.39 is 0 Å². The molecule has 1 rings (SSSR count). The van der Waals surface area contributed by atoms with Crippen LogP contribution in [0.5, 0.6) is 0 Å². The molecule has 2 nitrogen and oxygen atoms in total. The predicted octanol–water partition coefficient (Wildman–Crippen LogP) is 2.95. The molecule has 0 aliphatic rings. The fraction of sp³-hybridized carbons (Fsp3) is 0.500. The lowest BCUT2D eigenvalue weighted by molar-refractivity contribution is -0.0760. The lowest BCUT2D eigenvalue weighted by atomic mass is 10.1. The van der Waals surface area contributed by atoms with Crippen molar-refractivity contribution in [1.82, 2.24) is 5.48 Å². The van der Waals surface area contributed by atoms with Gasteiger partial charge in [-0.05, 0) is 33.8 Å². The highest BCUT2D eigenvalue weighted by Crippen LogP contribution is 2.10. The number of hydroxylamine groups is 1. The van der Waals surface area contributed by atoms with Gasteiger partial charge in [-0.2, -0.15) is 5.48 Å². The number of benzene rings is 1. The Balaban J connectivity index is 2.54. The molecule has 0 aliphatic heterocycles. The Morgan fingerprint density at radius 1 is 1.33 bits per heavy atom. The van der Waals surface area contributed by atoms with Crippen molar-refractivity contribution in [2.45, 2.75) is 39.8 Å². The van der Waals surface area contributed by atoms with Crippen molar-refractivity contribution < 1.29 is 9.23 Å². The van der Waals surface area contributed by atoms with E-state index in [9.17, 15) is 4.39 Å². The summed E-state index contributed by atoms with van der Waals surface area (Å²) < 4.78 is 13.3. The summed E-state index contributed by atoms with van der Waals surface area (Å²) in [4.78, 5) is 5.31. The smallest absolute Gasteiger partial charge is 0.127 e. The number of halogens is 1. The highest BCUT2D eigenvalue weighted by atomic mass is 19.1. The van der Waals surface area contributed by atoms with Gasteiger partial charge in [-0.3, -0.25) is 4.84 Å². The van der Waals surface area contributed by atoms with Crippen LogP contribution < -0.4 is 5.48 Å². The molecule has 0 atom stereocenters. The first-order valence-corrected chi connectivity index (χ1v) is 5.04. The van der Waals surface area contributed by atoms with Crippen molar-refractivity contribution in [3.63, 3.8) is 0 Å². The van der Waals surface area contributed by atoms with Gasteiger partial charge in [-0.25, -0.2) is 4.39 Å². The zero-order chi connectivity index (χ0) is 11.5. The Morgan fingerprint density at radius 2 is 2.00 bits per heavy atom. The summed E-state index contributed by atoms with van der Waals surface area (Å²) in [6, 6.07) is 5.04. The van der Waals surface area contributed by atoms with Crippen LogP contribution in [0.2, 0.25) is 0 Å². The summed E-state index contributed by atoms with van der Waals surface area (Å²) in [6.45, 7) is 8.13. The van der Waals surface area contributed by atoms with Gasteiger partial charge >= 0.3 is 0 Å². The van der Waals surface area contributed by atoms with Gasteiger partial charge in [0.25, 0.3) is 0 Å². The van der Waals surface area contributed by atoms with Crippen LogP contribution in [-0.4, -0.2) is 5.60 Å². The molecule has 0 aliphatic carbocycles. The molecule has 0 fully saturated rings. The summed E-state index contributed by atoms with van der Waals surface area (Å²) in [7, 11) is 0. The lowest BCUT2D eigenvalue weighted by Gasteiger charge is -2.19. The molecular formula is C12H18FNO. The Hall–Kier alpha value is -0.930. The van der Waals surface area contributed by atoms with Crippen LogP contribution in [0.4, 0.5) is 4.39 Å². The van der Waals surface area contributed by atoms with Crippen molar-refractivity contribution in [1.29, 1.82) is 0 Å². The van der Waals surface area contributed by atoms with E-state index >= 15 is 0 Å². The van der Waals surface area contributed by atoms with Gasteiger partial charge in [0.2, 0.25) is 0 Å². The summed E-state index contributed by atoms with van der Waals surface area (Å²) in [5, 5.41) is 0. The molecule has 0 radical (unpaired) electrons. The first kappa shape index (κ1) is 12.1. The van der Waals surface area contributed by atoms with Crippen LogP contribution in [-0.2, 0) is 11.4 Å². The molecule has 0 heterocycles. The molecule has 0 bridgehead atoms. The zero-order valence-corrected chi connectivity index (χ0v) is 9.73. The topological polar surface area (TPSA) is 21.3 Å². The molecular weight excluding hydrogens is 193 g/mol. The molecule has 1 aromatic carbocycles. The standard InChI is InChI=1S/C12H18FNO/c1-9-5-6-11(13)10(7-9)8-14-15-12(2,3)4/h5-7,14H,8H2,1-4H3. The van der Waals surface area contributed by atoms with Gasteiger partial charge in [0.1, 0.15) is 5.82 Å². The highest BCUT2D eigenvalue weighted by molar-refractivity contribution is 5.23. The Kier molecular flexibility index (Phi) is 3.83. The van der Waals surface area contributed by atoms with Crippen molar-refractivity contribution >= 4 is 0 Å². The number of aryl methyl sites for hydroxylation is 1. The van der Waals surface area contributed by atoms with E-state index in [2.05, 4.69) is 5.48 Å². The van der Waals surface area contributed by atoms with Crippen molar-refractivity contribution in [3.05, 3.63) is 35.1 Å². The molecule has 0 amide bonds. The Morgan fingerprint density at radius 3 is 2.60 bits per heavy atom. The molecule has 84 valence electrons. The first-order valence-electron chi connectivity index (χ1n) is 5.04. The van der Waals surface area contributed by atoms with Crippen LogP contribution in [0.25, 0.3) is 0 Å². The maximum atomic E-state index is 13.3. The molecule has 3 heteroatoms. The van der Waals surface area contributed by atoms with E-state index in [1.165, 1.54) is 6.07 Å². The minimum Gasteiger partial charge on any atom is -0.296 e. The van der Waals surface area contributed by atoms with Crippen LogP contribution in [0.1, 0.15) is 31.9 Å². The second-order valence-electron chi connectivity index (χ2n) is 4.63. The molecule has 1 N–H and O–H groups in total. The maximum absolute atomic E-state index is 13.3. The van der Waals surface area contributed by atoms with Crippen molar-refractivity contribution in [2.24, 2.45) is 0 Å². The summed E-state index contributed by atoms with van der Waals surface area (Å²) in [6.07, 6.45) is 0. The van der Waals surface area contributed by atoms with Crippen molar-refractivity contribution in [2.75, 3.05) is 0 Å². The average molecular weight is 211 g/mol. The van der Waals surface area contributed by atoms with E-state index in [1.807, 2.05) is 33.8 Å². The molecule has 0 aromatic heterocycles. The number of rotatable bonds is 3. The van der Waals surface area contributed by atoms with Gasteiger partial charge in [0, 0.05) is 12.1 Å². The van der Waals surface area contributed by atoms with Gasteiger partial charge in [-0.15, -0.1) is 0 Å².